The molecule has 0 unspecified atom stereocenters. The Morgan fingerprint density at radius 1 is 0.517 bits per heavy atom. The Labute approximate surface area is 178 Å². The van der Waals surface area contributed by atoms with Crippen molar-refractivity contribution in [1.29, 1.82) is 0 Å². The fraction of sp³-hybridized carbons (Fsp3) is 0.444. The number of para-hydroxylation sites is 2. The maximum absolute atomic E-state index is 2.33. The highest BCUT2D eigenvalue weighted by Gasteiger charge is 2.20. The monoisotopic (exact) mass is 389 g/mol. The zero-order valence-corrected chi connectivity index (χ0v) is 19.4. The number of anilines is 2. The summed E-state index contributed by atoms with van der Waals surface area (Å²) in [5, 5.41) is 0. The second-order valence-electron chi connectivity index (χ2n) is 9.42. The van der Waals surface area contributed by atoms with Gasteiger partial charge >= 0.3 is 0 Å². The van der Waals surface area contributed by atoms with E-state index in [1.54, 1.807) is 0 Å². The average Bonchev–Trinajstić information content (AvgIpc) is 3.15. The lowest BCUT2D eigenvalue weighted by atomic mass is 9.91. The Hall–Kier alpha value is -2.22. The molecule has 29 heavy (non-hydrogen) atoms. The number of hydrogen-bond donors (Lipinski definition) is 0. The summed E-state index contributed by atoms with van der Waals surface area (Å²) in [6, 6.07) is 13.5. The third kappa shape index (κ3) is 4.22. The van der Waals surface area contributed by atoms with Crippen LogP contribution in [-0.2, 0) is 0 Å². The van der Waals surface area contributed by atoms with Crippen LogP contribution in [0.2, 0.25) is 0 Å². The summed E-state index contributed by atoms with van der Waals surface area (Å²) in [5.74, 6) is 1.92. The van der Waals surface area contributed by atoms with E-state index in [-0.39, 0.29) is 0 Å². The molecule has 2 heteroatoms. The Morgan fingerprint density at radius 3 is 1.03 bits per heavy atom. The van der Waals surface area contributed by atoms with Crippen molar-refractivity contribution in [2.24, 2.45) is 0 Å². The molecule has 3 rings (SSSR count). The minimum absolute atomic E-state index is 0.480. The fourth-order valence-electron chi connectivity index (χ4n) is 4.24. The first-order valence-corrected chi connectivity index (χ1v) is 11.1. The van der Waals surface area contributed by atoms with Gasteiger partial charge in [-0.2, -0.15) is 0 Å². The van der Waals surface area contributed by atoms with Gasteiger partial charge in [0.15, 0.2) is 0 Å². The molecule has 2 nitrogen and oxygen atoms in total. The van der Waals surface area contributed by atoms with Crippen molar-refractivity contribution in [2.75, 3.05) is 9.80 Å². The van der Waals surface area contributed by atoms with E-state index in [9.17, 15) is 0 Å². The van der Waals surface area contributed by atoms with Crippen LogP contribution in [-0.4, -0.2) is 0 Å². The Morgan fingerprint density at radius 2 is 0.793 bits per heavy atom. The van der Waals surface area contributed by atoms with Crippen molar-refractivity contribution in [2.45, 2.75) is 79.1 Å². The molecule has 1 aliphatic rings. The van der Waals surface area contributed by atoms with Crippen LogP contribution < -0.4 is 9.80 Å². The van der Waals surface area contributed by atoms with Gasteiger partial charge in [-0.1, -0.05) is 91.8 Å². The SMILES string of the molecule is CC(C)c1cccc(C(C)C)c1N1C=CN(c2c(C(C)C)cccc2C(C)C)[CH-]1. The zero-order valence-electron chi connectivity index (χ0n) is 19.4. The molecule has 0 spiro atoms. The van der Waals surface area contributed by atoms with Gasteiger partial charge in [0.2, 0.25) is 0 Å². The first kappa shape index (κ1) is 21.5. The van der Waals surface area contributed by atoms with Crippen LogP contribution in [0.5, 0.6) is 0 Å². The number of hydrogen-bond acceptors (Lipinski definition) is 2. The van der Waals surface area contributed by atoms with Gasteiger partial charge in [-0.3, -0.25) is 0 Å². The molecule has 0 saturated carbocycles. The van der Waals surface area contributed by atoms with Crippen molar-refractivity contribution in [3.05, 3.63) is 77.7 Å². The summed E-state index contributed by atoms with van der Waals surface area (Å²) in [7, 11) is 0. The molecule has 0 radical (unpaired) electrons. The maximum atomic E-state index is 2.33. The van der Waals surface area contributed by atoms with Crippen LogP contribution in [0.25, 0.3) is 0 Å². The third-order valence-corrected chi connectivity index (χ3v) is 5.84. The number of benzene rings is 2. The zero-order chi connectivity index (χ0) is 21.3. The molecule has 0 aliphatic carbocycles. The topological polar surface area (TPSA) is 6.48 Å². The van der Waals surface area contributed by atoms with Crippen LogP contribution >= 0.6 is 0 Å². The maximum Gasteiger partial charge on any atom is 0.0195 e. The summed E-state index contributed by atoms with van der Waals surface area (Å²) in [6.07, 6.45) is 4.43. The van der Waals surface area contributed by atoms with Crippen LogP contribution in [0.3, 0.4) is 0 Å². The lowest BCUT2D eigenvalue weighted by molar-refractivity contribution is 0.819. The van der Waals surface area contributed by atoms with Crippen molar-refractivity contribution in [3.63, 3.8) is 0 Å². The molecule has 0 fully saturated rings. The fourth-order valence-corrected chi connectivity index (χ4v) is 4.24. The van der Waals surface area contributed by atoms with E-state index in [2.05, 4.69) is 121 Å². The minimum atomic E-state index is 0.480. The standard InChI is InChI=1S/C27H37N2/c1-18(2)22-11-9-12-23(19(3)4)26(22)28-15-16-29(17-28)27-24(20(5)6)13-10-14-25(27)21(7)8/h9-21H,1-8H3/q-1. The molecule has 2 aromatic rings. The normalized spacial score (nSPS) is 14.3. The van der Waals surface area contributed by atoms with E-state index in [1.807, 2.05) is 0 Å². The van der Waals surface area contributed by atoms with Gasteiger partial charge in [0.05, 0.1) is 0 Å². The molecule has 1 aliphatic heterocycles. The van der Waals surface area contributed by atoms with Crippen LogP contribution in [0.4, 0.5) is 11.4 Å². The number of nitrogens with zero attached hydrogens (tertiary/aromatic N) is 2. The van der Waals surface area contributed by atoms with Crippen LogP contribution in [0.1, 0.15) is 101 Å². The van der Waals surface area contributed by atoms with E-state index in [0.717, 1.165) is 0 Å². The Bertz CT molecular complexity index is 750. The van der Waals surface area contributed by atoms with E-state index in [4.69, 9.17) is 0 Å². The predicted molar refractivity (Wildman–Crippen MR) is 128 cm³/mol. The van der Waals surface area contributed by atoms with Gasteiger partial charge in [-0.15, -0.1) is 6.67 Å². The summed E-state index contributed by atoms with van der Waals surface area (Å²) >= 11 is 0. The van der Waals surface area contributed by atoms with Crippen molar-refractivity contribution < 1.29 is 0 Å². The third-order valence-electron chi connectivity index (χ3n) is 5.84. The second kappa shape index (κ2) is 8.65. The van der Waals surface area contributed by atoms with Gasteiger partial charge in [0.1, 0.15) is 0 Å². The number of rotatable bonds is 6. The van der Waals surface area contributed by atoms with Gasteiger partial charge < -0.3 is 9.80 Å². The van der Waals surface area contributed by atoms with Gasteiger partial charge in [-0.05, 0) is 58.3 Å². The minimum Gasteiger partial charge on any atom is -0.479 e. The molecule has 0 amide bonds. The van der Waals surface area contributed by atoms with Crippen molar-refractivity contribution in [3.8, 4) is 0 Å². The van der Waals surface area contributed by atoms with Crippen molar-refractivity contribution >= 4 is 11.4 Å². The molecule has 1 heterocycles. The van der Waals surface area contributed by atoms with E-state index in [1.165, 1.54) is 33.6 Å². The van der Waals surface area contributed by atoms with Gasteiger partial charge in [0, 0.05) is 11.4 Å². The second-order valence-corrected chi connectivity index (χ2v) is 9.42. The highest BCUT2D eigenvalue weighted by molar-refractivity contribution is 5.72. The Kier molecular flexibility index (Phi) is 6.41. The lowest BCUT2D eigenvalue weighted by Gasteiger charge is -2.39. The Balaban J connectivity index is 2.05. The molecule has 2 aromatic carbocycles. The smallest absolute Gasteiger partial charge is 0.0195 e. The molecule has 0 aromatic heterocycles. The first-order chi connectivity index (χ1) is 13.7. The van der Waals surface area contributed by atoms with Crippen molar-refractivity contribution in [1.82, 2.24) is 0 Å². The molecule has 0 saturated heterocycles. The molecule has 0 N–H and O–H groups in total. The quantitative estimate of drug-likeness (QED) is 0.460. The molecular weight excluding hydrogens is 352 g/mol. The van der Waals surface area contributed by atoms with Crippen LogP contribution in [0.15, 0.2) is 48.8 Å². The lowest BCUT2D eigenvalue weighted by Crippen LogP contribution is -2.23. The summed E-state index contributed by atoms with van der Waals surface area (Å²) < 4.78 is 0. The predicted octanol–water partition coefficient (Wildman–Crippen LogP) is 8.10. The summed E-state index contributed by atoms with van der Waals surface area (Å²) in [5.41, 5.74) is 8.29. The van der Waals surface area contributed by atoms with E-state index >= 15 is 0 Å². The largest absolute Gasteiger partial charge is 0.479 e. The molecular formula is C27H37N2-. The highest BCUT2D eigenvalue weighted by Crippen LogP contribution is 2.42. The molecule has 0 atom stereocenters. The highest BCUT2D eigenvalue weighted by atomic mass is 15.3. The summed E-state index contributed by atoms with van der Waals surface area (Å²) in [6.45, 7) is 20.5. The van der Waals surface area contributed by atoms with Gasteiger partial charge in [0.25, 0.3) is 0 Å². The van der Waals surface area contributed by atoms with E-state index < -0.39 is 0 Å². The van der Waals surface area contributed by atoms with Crippen LogP contribution in [0, 0.1) is 6.67 Å². The average molecular weight is 390 g/mol. The molecule has 0 bridgehead atoms. The van der Waals surface area contributed by atoms with Gasteiger partial charge in [-0.25, -0.2) is 0 Å². The first-order valence-electron chi connectivity index (χ1n) is 11.1. The van der Waals surface area contributed by atoms with E-state index in [0.29, 0.717) is 23.7 Å². The molecule has 156 valence electrons. The summed E-state index contributed by atoms with van der Waals surface area (Å²) in [4.78, 5) is 4.65.